The minimum absolute atomic E-state index is 0.0915. The molecule has 0 spiro atoms. The zero-order valence-corrected chi connectivity index (χ0v) is 15.8. The van der Waals surface area contributed by atoms with Crippen LogP contribution in [0.5, 0.6) is 5.75 Å². The van der Waals surface area contributed by atoms with Crippen LogP contribution in [0.2, 0.25) is 5.02 Å². The Morgan fingerprint density at radius 2 is 1.80 bits per heavy atom. The zero-order valence-electron chi connectivity index (χ0n) is 14.2. The summed E-state index contributed by atoms with van der Waals surface area (Å²) < 4.78 is 32.0. The molecule has 0 aromatic heterocycles. The van der Waals surface area contributed by atoms with Gasteiger partial charge in [0.1, 0.15) is 5.75 Å². The molecule has 2 aromatic carbocycles. The highest BCUT2D eigenvalue weighted by Gasteiger charge is 2.24. The van der Waals surface area contributed by atoms with Gasteiger partial charge in [-0.05, 0) is 36.2 Å². The lowest BCUT2D eigenvalue weighted by Crippen LogP contribution is -2.42. The molecule has 0 saturated heterocycles. The highest BCUT2D eigenvalue weighted by molar-refractivity contribution is 7.88. The van der Waals surface area contributed by atoms with Crippen molar-refractivity contribution < 1.29 is 18.3 Å². The van der Waals surface area contributed by atoms with Gasteiger partial charge in [0.2, 0.25) is 10.0 Å². The number of aliphatic hydroxyl groups is 1. The second kappa shape index (κ2) is 8.19. The molecule has 0 unspecified atom stereocenters. The molecule has 0 saturated carbocycles. The van der Waals surface area contributed by atoms with E-state index in [1.54, 1.807) is 50.4 Å². The number of hydrogen-bond donors (Lipinski definition) is 2. The van der Waals surface area contributed by atoms with Crippen LogP contribution in [0.25, 0.3) is 0 Å². The molecule has 136 valence electrons. The molecule has 25 heavy (non-hydrogen) atoms. The number of benzene rings is 2. The predicted molar refractivity (Wildman–Crippen MR) is 99.4 cm³/mol. The zero-order chi connectivity index (χ0) is 18.5. The van der Waals surface area contributed by atoms with E-state index < -0.39 is 15.6 Å². The van der Waals surface area contributed by atoms with Crippen LogP contribution in [-0.2, 0) is 22.2 Å². The van der Waals surface area contributed by atoms with Gasteiger partial charge in [-0.25, -0.2) is 13.1 Å². The summed E-state index contributed by atoms with van der Waals surface area (Å²) in [6.07, 6.45) is 0.311. The monoisotopic (exact) mass is 383 g/mol. The fraction of sp³-hybridized carbons (Fsp3) is 0.333. The van der Waals surface area contributed by atoms with Crippen LogP contribution in [0.1, 0.15) is 18.1 Å². The van der Waals surface area contributed by atoms with Gasteiger partial charge in [-0.1, -0.05) is 41.9 Å². The third kappa shape index (κ3) is 6.32. The Morgan fingerprint density at radius 1 is 1.16 bits per heavy atom. The van der Waals surface area contributed by atoms with Crippen molar-refractivity contribution in [2.24, 2.45) is 0 Å². The third-order valence-electron chi connectivity index (χ3n) is 3.72. The van der Waals surface area contributed by atoms with E-state index in [-0.39, 0.29) is 12.3 Å². The minimum Gasteiger partial charge on any atom is -0.497 e. The number of rotatable bonds is 8. The van der Waals surface area contributed by atoms with Gasteiger partial charge < -0.3 is 9.84 Å². The molecular weight excluding hydrogens is 362 g/mol. The molecule has 0 aliphatic heterocycles. The lowest BCUT2D eigenvalue weighted by molar-refractivity contribution is 0.0657. The van der Waals surface area contributed by atoms with Gasteiger partial charge in [0, 0.05) is 18.0 Å². The first-order chi connectivity index (χ1) is 11.7. The molecule has 2 aromatic rings. The van der Waals surface area contributed by atoms with E-state index in [1.807, 2.05) is 12.1 Å². The summed E-state index contributed by atoms with van der Waals surface area (Å²) in [7, 11) is -2.03. The van der Waals surface area contributed by atoms with Gasteiger partial charge in [0.15, 0.2) is 0 Å². The number of hydrogen-bond acceptors (Lipinski definition) is 4. The van der Waals surface area contributed by atoms with Gasteiger partial charge in [-0.2, -0.15) is 0 Å². The molecule has 0 aliphatic rings. The van der Waals surface area contributed by atoms with Crippen LogP contribution in [0.15, 0.2) is 48.5 Å². The second-order valence-corrected chi connectivity index (χ2v) is 8.41. The van der Waals surface area contributed by atoms with Crippen molar-refractivity contribution in [3.8, 4) is 5.75 Å². The molecule has 5 nitrogen and oxygen atoms in total. The number of ether oxygens (including phenoxy) is 1. The topological polar surface area (TPSA) is 75.6 Å². The van der Waals surface area contributed by atoms with E-state index in [4.69, 9.17) is 16.3 Å². The first-order valence-electron chi connectivity index (χ1n) is 7.77. The second-order valence-electron chi connectivity index (χ2n) is 6.19. The Bertz CT molecular complexity index is 804. The fourth-order valence-electron chi connectivity index (χ4n) is 2.38. The molecular formula is C18H22ClNO4S. The van der Waals surface area contributed by atoms with Crippen LogP contribution < -0.4 is 9.46 Å². The fourth-order valence-corrected chi connectivity index (χ4v) is 3.96. The number of methoxy groups -OCH3 is 1. The predicted octanol–water partition coefficient (Wildman–Crippen LogP) is 2.76. The summed E-state index contributed by atoms with van der Waals surface area (Å²) in [4.78, 5) is 0. The highest BCUT2D eigenvalue weighted by atomic mass is 35.5. The smallest absolute Gasteiger partial charge is 0.215 e. The van der Waals surface area contributed by atoms with E-state index in [1.165, 1.54) is 0 Å². The summed E-state index contributed by atoms with van der Waals surface area (Å²) >= 11 is 6.00. The summed E-state index contributed by atoms with van der Waals surface area (Å²) in [5.74, 6) is 0.495. The maximum absolute atomic E-state index is 12.2. The molecule has 0 aliphatic carbocycles. The van der Waals surface area contributed by atoms with Gasteiger partial charge in [0.25, 0.3) is 0 Å². The molecule has 0 fully saturated rings. The van der Waals surface area contributed by atoms with E-state index in [9.17, 15) is 13.5 Å². The molecule has 0 amide bonds. The van der Waals surface area contributed by atoms with Crippen LogP contribution in [0, 0.1) is 0 Å². The summed E-state index contributed by atoms with van der Waals surface area (Å²) in [6.45, 7) is 1.50. The maximum atomic E-state index is 12.2. The Hall–Kier alpha value is -1.60. The average Bonchev–Trinajstić information content (AvgIpc) is 2.56. The minimum atomic E-state index is -3.61. The Labute approximate surface area is 153 Å². The molecule has 2 N–H and O–H groups in total. The largest absolute Gasteiger partial charge is 0.497 e. The van der Waals surface area contributed by atoms with Crippen molar-refractivity contribution >= 4 is 21.6 Å². The van der Waals surface area contributed by atoms with Crippen molar-refractivity contribution in [1.82, 2.24) is 4.72 Å². The molecule has 0 radical (unpaired) electrons. The number of nitrogens with one attached hydrogen (secondary N) is 1. The highest BCUT2D eigenvalue weighted by Crippen LogP contribution is 2.19. The standard InChI is InChI=1S/C18H22ClNO4S/c1-18(21,11-14-7-9-16(24-2)10-8-14)13-20-25(22,23)12-15-5-3-4-6-17(15)19/h3-10,20-21H,11-13H2,1-2H3/t18-/m0/s1. The van der Waals surface area contributed by atoms with E-state index in [2.05, 4.69) is 4.72 Å². The third-order valence-corrected chi connectivity index (χ3v) is 5.36. The first-order valence-corrected chi connectivity index (χ1v) is 9.80. The lowest BCUT2D eigenvalue weighted by atomic mass is 9.97. The molecule has 7 heteroatoms. The van der Waals surface area contributed by atoms with E-state index in [0.717, 1.165) is 11.3 Å². The average molecular weight is 384 g/mol. The van der Waals surface area contributed by atoms with Crippen molar-refractivity contribution in [1.29, 1.82) is 0 Å². The summed E-state index contributed by atoms with van der Waals surface area (Å²) in [5.41, 5.74) is 0.185. The van der Waals surface area contributed by atoms with Crippen molar-refractivity contribution in [3.05, 3.63) is 64.7 Å². The molecule has 1 atom stereocenters. The van der Waals surface area contributed by atoms with Crippen molar-refractivity contribution in [2.45, 2.75) is 24.7 Å². The maximum Gasteiger partial charge on any atom is 0.215 e. The normalized spacial score (nSPS) is 14.1. The molecule has 0 heterocycles. The van der Waals surface area contributed by atoms with Gasteiger partial charge in [-0.3, -0.25) is 0 Å². The first kappa shape index (κ1) is 19.7. The summed E-state index contributed by atoms with van der Waals surface area (Å²) in [6, 6.07) is 14.1. The summed E-state index contributed by atoms with van der Waals surface area (Å²) in [5, 5.41) is 10.9. The van der Waals surface area contributed by atoms with Gasteiger partial charge in [-0.15, -0.1) is 0 Å². The SMILES string of the molecule is COc1ccc(C[C@](C)(O)CNS(=O)(=O)Cc2ccccc2Cl)cc1. The lowest BCUT2D eigenvalue weighted by Gasteiger charge is -2.24. The van der Waals surface area contributed by atoms with Crippen LogP contribution in [-0.4, -0.2) is 32.8 Å². The quantitative estimate of drug-likeness (QED) is 0.735. The Morgan fingerprint density at radius 3 is 2.40 bits per heavy atom. The number of halogens is 1. The van der Waals surface area contributed by atoms with E-state index >= 15 is 0 Å². The molecule has 0 bridgehead atoms. The van der Waals surface area contributed by atoms with Gasteiger partial charge in [0.05, 0.1) is 18.5 Å². The van der Waals surface area contributed by atoms with Gasteiger partial charge >= 0.3 is 0 Å². The van der Waals surface area contributed by atoms with Crippen molar-refractivity contribution in [3.63, 3.8) is 0 Å². The Kier molecular flexibility index (Phi) is 6.46. The van der Waals surface area contributed by atoms with Crippen LogP contribution >= 0.6 is 11.6 Å². The van der Waals surface area contributed by atoms with E-state index in [0.29, 0.717) is 17.0 Å². The van der Waals surface area contributed by atoms with Crippen LogP contribution in [0.3, 0.4) is 0 Å². The Balaban J connectivity index is 1.96. The van der Waals surface area contributed by atoms with Crippen LogP contribution in [0.4, 0.5) is 0 Å². The molecule has 2 rings (SSSR count). The number of sulfonamides is 1. The van der Waals surface area contributed by atoms with Crippen molar-refractivity contribution in [2.75, 3.05) is 13.7 Å².